The Morgan fingerprint density at radius 1 is 1.04 bits per heavy atom. The Labute approximate surface area is 150 Å². The van der Waals surface area contributed by atoms with E-state index in [4.69, 9.17) is 18.0 Å². The van der Waals surface area contributed by atoms with E-state index >= 15 is 0 Å². The summed E-state index contributed by atoms with van der Waals surface area (Å²) < 4.78 is 23.3. The molecule has 1 heterocycles. The van der Waals surface area contributed by atoms with Crippen LogP contribution in [0.25, 0.3) is 0 Å². The molecule has 1 atom stereocenters. The average Bonchev–Trinajstić information content (AvgIpc) is 2.56. The second kappa shape index (κ2) is 13.3. The minimum atomic E-state index is -2.50. The predicted molar refractivity (Wildman–Crippen MR) is 100 cm³/mol. The number of likely N-dealkylation sites (tertiary alicyclic amines) is 1. The topological polar surface area (TPSA) is 40.2 Å². The van der Waals surface area contributed by atoms with Crippen LogP contribution < -0.4 is 0 Å². The molecule has 1 aliphatic heterocycles. The van der Waals surface area contributed by atoms with Gasteiger partial charge < -0.3 is 22.9 Å². The van der Waals surface area contributed by atoms with Crippen LogP contribution in [0.4, 0.5) is 0 Å². The summed E-state index contributed by atoms with van der Waals surface area (Å²) in [5, 5.41) is 0. The van der Waals surface area contributed by atoms with Gasteiger partial charge in [0.25, 0.3) is 0 Å². The lowest BCUT2D eigenvalue weighted by Gasteiger charge is -2.33. The Balaban J connectivity index is 2.14. The summed E-state index contributed by atoms with van der Waals surface area (Å²) in [5.41, 5.74) is 0. The van der Waals surface area contributed by atoms with Crippen LogP contribution in [-0.4, -0.2) is 65.9 Å². The fourth-order valence-electron chi connectivity index (χ4n) is 3.21. The Kier molecular flexibility index (Phi) is 12.2. The lowest BCUT2D eigenvalue weighted by molar-refractivity contribution is 0.0665. The summed E-state index contributed by atoms with van der Waals surface area (Å²) >= 11 is 0. The second-order valence-electron chi connectivity index (χ2n) is 6.29. The van der Waals surface area contributed by atoms with E-state index in [-0.39, 0.29) is 0 Å². The smallest absolute Gasteiger partial charge is 0.381 e. The highest BCUT2D eigenvalue weighted by atomic mass is 28.4. The van der Waals surface area contributed by atoms with E-state index in [9.17, 15) is 0 Å². The van der Waals surface area contributed by atoms with E-state index in [2.05, 4.69) is 18.2 Å². The van der Waals surface area contributed by atoms with Gasteiger partial charge in [0.05, 0.1) is 6.61 Å². The van der Waals surface area contributed by atoms with Gasteiger partial charge in [-0.25, -0.2) is 0 Å². The molecule has 24 heavy (non-hydrogen) atoms. The highest BCUT2D eigenvalue weighted by molar-refractivity contribution is 6.60. The van der Waals surface area contributed by atoms with Crippen LogP contribution in [0, 0.1) is 6.42 Å². The maximum Gasteiger partial charge on any atom is 0.501 e. The van der Waals surface area contributed by atoms with Crippen molar-refractivity contribution in [3.63, 3.8) is 0 Å². The molecule has 5 nitrogen and oxygen atoms in total. The van der Waals surface area contributed by atoms with Crippen molar-refractivity contribution in [3.8, 4) is 0 Å². The molecule has 1 fully saturated rings. The van der Waals surface area contributed by atoms with Crippen molar-refractivity contribution in [2.75, 3.05) is 46.1 Å². The van der Waals surface area contributed by atoms with Crippen molar-refractivity contribution < 1.29 is 18.0 Å². The van der Waals surface area contributed by atoms with E-state index in [0.29, 0.717) is 25.9 Å². The number of rotatable bonds is 14. The van der Waals surface area contributed by atoms with E-state index in [1.807, 2.05) is 20.8 Å². The molecule has 0 spiro atoms. The molecule has 6 heteroatoms. The summed E-state index contributed by atoms with van der Waals surface area (Å²) in [6, 6.07) is 1.54. The molecular formula is C18H38NO4Si. The Morgan fingerprint density at radius 3 is 2.29 bits per heavy atom. The average molecular weight is 361 g/mol. The van der Waals surface area contributed by atoms with Crippen LogP contribution in [0.15, 0.2) is 0 Å². The summed E-state index contributed by atoms with van der Waals surface area (Å²) in [5.74, 6) is 0. The molecule has 0 bridgehead atoms. The van der Waals surface area contributed by atoms with Crippen molar-refractivity contribution in [2.24, 2.45) is 0 Å². The fraction of sp³-hybridized carbons (Fsp3) is 0.944. The van der Waals surface area contributed by atoms with Gasteiger partial charge >= 0.3 is 8.80 Å². The van der Waals surface area contributed by atoms with E-state index in [1.165, 1.54) is 25.8 Å². The minimum absolute atomic E-state index is 0.634. The molecule has 0 aromatic heterocycles. The van der Waals surface area contributed by atoms with Gasteiger partial charge in [-0.15, -0.1) is 0 Å². The van der Waals surface area contributed by atoms with Gasteiger partial charge in [0.15, 0.2) is 0 Å². The molecule has 1 rings (SSSR count). The summed E-state index contributed by atoms with van der Waals surface area (Å²) in [6.45, 7) is 13.9. The first-order valence-corrected chi connectivity index (χ1v) is 11.7. The highest BCUT2D eigenvalue weighted by Crippen LogP contribution is 2.18. The molecule has 0 saturated carbocycles. The summed E-state index contributed by atoms with van der Waals surface area (Å²) in [7, 11) is -2.50. The first kappa shape index (κ1) is 22.1. The van der Waals surface area contributed by atoms with Crippen molar-refractivity contribution in [1.29, 1.82) is 0 Å². The van der Waals surface area contributed by atoms with Crippen molar-refractivity contribution >= 4 is 8.80 Å². The predicted octanol–water partition coefficient (Wildman–Crippen LogP) is 3.52. The third-order valence-electron chi connectivity index (χ3n) is 4.40. The zero-order chi connectivity index (χ0) is 17.7. The number of ether oxygens (including phenoxy) is 1. The molecule has 1 radical (unpaired) electrons. The van der Waals surface area contributed by atoms with Crippen molar-refractivity contribution in [3.05, 3.63) is 6.42 Å². The monoisotopic (exact) mass is 360 g/mol. The van der Waals surface area contributed by atoms with Crippen molar-refractivity contribution in [2.45, 2.75) is 65.5 Å². The van der Waals surface area contributed by atoms with Crippen LogP contribution in [0.2, 0.25) is 6.04 Å². The fourth-order valence-corrected chi connectivity index (χ4v) is 5.79. The van der Waals surface area contributed by atoms with Gasteiger partial charge in [-0.2, -0.15) is 0 Å². The van der Waals surface area contributed by atoms with Crippen LogP contribution in [0.5, 0.6) is 0 Å². The Morgan fingerprint density at radius 2 is 1.71 bits per heavy atom. The molecule has 0 N–H and O–H groups in total. The quantitative estimate of drug-likeness (QED) is 0.350. The van der Waals surface area contributed by atoms with Gasteiger partial charge in [-0.3, -0.25) is 0 Å². The second-order valence-corrected chi connectivity index (χ2v) is 9.02. The lowest BCUT2D eigenvalue weighted by atomic mass is 10.0. The minimum Gasteiger partial charge on any atom is -0.381 e. The molecule has 1 saturated heterocycles. The first-order chi connectivity index (χ1) is 11.7. The number of nitrogens with zero attached hydrogens (tertiary/aromatic N) is 1. The largest absolute Gasteiger partial charge is 0.501 e. The van der Waals surface area contributed by atoms with Gasteiger partial charge in [0.2, 0.25) is 0 Å². The number of piperidine rings is 1. The van der Waals surface area contributed by atoms with Gasteiger partial charge in [0, 0.05) is 51.5 Å². The molecule has 0 aromatic carbocycles. The maximum absolute atomic E-state index is 5.85. The van der Waals surface area contributed by atoms with E-state index < -0.39 is 8.80 Å². The van der Waals surface area contributed by atoms with Gasteiger partial charge in [0.1, 0.15) is 0 Å². The summed E-state index contributed by atoms with van der Waals surface area (Å²) in [6.07, 6.45) is 7.20. The third kappa shape index (κ3) is 8.40. The lowest BCUT2D eigenvalue weighted by Crippen LogP contribution is -2.46. The van der Waals surface area contributed by atoms with Crippen LogP contribution in [0.1, 0.15) is 53.4 Å². The van der Waals surface area contributed by atoms with Crippen LogP contribution >= 0.6 is 0 Å². The Bertz CT molecular complexity index is 290. The number of hydrogen-bond donors (Lipinski definition) is 0. The first-order valence-electron chi connectivity index (χ1n) is 9.72. The van der Waals surface area contributed by atoms with E-state index in [0.717, 1.165) is 32.2 Å². The van der Waals surface area contributed by atoms with Crippen LogP contribution in [-0.2, 0) is 18.0 Å². The third-order valence-corrected chi connectivity index (χ3v) is 7.56. The van der Waals surface area contributed by atoms with Crippen LogP contribution in [0.3, 0.4) is 0 Å². The standard InChI is InChI=1S/C18H38NO4Si/c1-5-21-24(22-6-2,23-7-3)17-11-16-20-15-10-14-19-13-9-8-12-18(19)4/h10,18H,5-9,11-17H2,1-4H3. The molecule has 143 valence electrons. The highest BCUT2D eigenvalue weighted by Gasteiger charge is 2.39. The molecule has 0 aromatic rings. The van der Waals surface area contributed by atoms with E-state index in [1.54, 1.807) is 0 Å². The normalized spacial score (nSPS) is 19.8. The molecule has 1 aliphatic rings. The maximum atomic E-state index is 5.85. The number of hydrogen-bond acceptors (Lipinski definition) is 5. The summed E-state index contributed by atoms with van der Waals surface area (Å²) in [4.78, 5) is 2.55. The molecular weight excluding hydrogens is 322 g/mol. The zero-order valence-corrected chi connectivity index (χ0v) is 17.2. The molecule has 0 amide bonds. The van der Waals surface area contributed by atoms with Gasteiger partial charge in [-0.1, -0.05) is 6.42 Å². The SMILES string of the molecule is CCO[Si](CCCOC[CH]CN1CCCCC1C)(OCC)OCC. The molecule has 1 unspecified atom stereocenters. The zero-order valence-electron chi connectivity index (χ0n) is 16.2. The molecule has 0 aliphatic carbocycles. The Hall–Kier alpha value is 0.0169. The van der Waals surface area contributed by atoms with Crippen molar-refractivity contribution in [1.82, 2.24) is 4.90 Å². The van der Waals surface area contributed by atoms with Gasteiger partial charge in [-0.05, 0) is 53.5 Å².